The Morgan fingerprint density at radius 2 is 1.77 bits per heavy atom. The Bertz CT molecular complexity index is 1190. The highest BCUT2D eigenvalue weighted by molar-refractivity contribution is 7.92. The number of sulfonamides is 1. The van der Waals surface area contributed by atoms with Crippen LogP contribution < -0.4 is 14.2 Å². The first-order valence-corrected chi connectivity index (χ1v) is 10.6. The fourth-order valence-corrected chi connectivity index (χ4v) is 3.24. The number of ether oxygens (including phenoxy) is 2. The molecule has 30 heavy (non-hydrogen) atoms. The number of nitrogens with one attached hydrogen (secondary N) is 1. The minimum atomic E-state index is -3.62. The van der Waals surface area contributed by atoms with Gasteiger partial charge in [0, 0.05) is 5.56 Å². The van der Waals surface area contributed by atoms with Gasteiger partial charge in [0.2, 0.25) is 10.0 Å². The van der Waals surface area contributed by atoms with Crippen molar-refractivity contribution in [3.63, 3.8) is 0 Å². The summed E-state index contributed by atoms with van der Waals surface area (Å²) >= 11 is 0. The summed E-state index contributed by atoms with van der Waals surface area (Å²) in [6.07, 6.45) is 0.971. The van der Waals surface area contributed by atoms with Gasteiger partial charge in [0.25, 0.3) is 5.88 Å². The highest BCUT2D eigenvalue weighted by Crippen LogP contribution is 2.31. The fraction of sp³-hybridized carbons (Fsp3) is 0.200. The molecule has 0 saturated carbocycles. The van der Waals surface area contributed by atoms with Crippen LogP contribution in [0.25, 0.3) is 11.3 Å². The minimum Gasteiger partial charge on any atom is -0.489 e. The van der Waals surface area contributed by atoms with Crippen molar-refractivity contribution in [1.29, 1.82) is 0 Å². The van der Waals surface area contributed by atoms with Crippen LogP contribution in [0.1, 0.15) is 11.1 Å². The van der Waals surface area contributed by atoms with Crippen LogP contribution in [-0.4, -0.2) is 32.0 Å². The molecule has 0 unspecified atom stereocenters. The molecule has 0 radical (unpaired) electrons. The zero-order chi connectivity index (χ0) is 21.9. The lowest BCUT2D eigenvalue weighted by atomic mass is 10.1. The van der Waals surface area contributed by atoms with Crippen LogP contribution >= 0.6 is 0 Å². The monoisotopic (exact) mass is 435 g/mol. The molecule has 0 bridgehead atoms. The second-order valence-corrected chi connectivity index (χ2v) is 8.29. The van der Waals surface area contributed by atoms with E-state index in [9.17, 15) is 17.2 Å². The molecule has 1 heterocycles. The van der Waals surface area contributed by atoms with E-state index in [0.717, 1.165) is 11.8 Å². The standard InChI is InChI=1S/C20H19F2N3O4S/c1-12-8-13(4-6-16(12)21)11-29-14-5-7-17(22)15(9-14)18-10-19(25-30(3,26)27)20(28-2)24-23-18/h4-10H,11H2,1-3H3,(H,23,25). The van der Waals surface area contributed by atoms with Gasteiger partial charge in [0.05, 0.1) is 19.1 Å². The third-order valence-corrected chi connectivity index (χ3v) is 4.68. The van der Waals surface area contributed by atoms with E-state index in [2.05, 4.69) is 14.9 Å². The number of hydrogen-bond acceptors (Lipinski definition) is 6. The highest BCUT2D eigenvalue weighted by atomic mass is 32.2. The van der Waals surface area contributed by atoms with Gasteiger partial charge in [-0.05, 0) is 54.4 Å². The zero-order valence-electron chi connectivity index (χ0n) is 16.4. The molecule has 0 amide bonds. The van der Waals surface area contributed by atoms with E-state index in [4.69, 9.17) is 9.47 Å². The minimum absolute atomic E-state index is 0.0255. The van der Waals surface area contributed by atoms with E-state index in [1.165, 1.54) is 37.4 Å². The molecule has 3 aromatic rings. The average molecular weight is 435 g/mol. The Kier molecular flexibility index (Phi) is 6.16. The molecule has 0 fully saturated rings. The second-order valence-electron chi connectivity index (χ2n) is 6.54. The van der Waals surface area contributed by atoms with Crippen molar-refractivity contribution in [2.45, 2.75) is 13.5 Å². The van der Waals surface area contributed by atoms with Gasteiger partial charge in [-0.3, -0.25) is 4.72 Å². The van der Waals surface area contributed by atoms with Crippen LogP contribution in [-0.2, 0) is 16.6 Å². The van der Waals surface area contributed by atoms with E-state index in [1.54, 1.807) is 19.1 Å². The van der Waals surface area contributed by atoms with Crippen LogP contribution in [0, 0.1) is 18.6 Å². The van der Waals surface area contributed by atoms with Gasteiger partial charge < -0.3 is 9.47 Å². The Balaban J connectivity index is 1.89. The SMILES string of the molecule is COc1nnc(-c2cc(OCc3ccc(F)c(C)c3)ccc2F)cc1NS(C)(=O)=O. The summed E-state index contributed by atoms with van der Waals surface area (Å²) in [5, 5.41) is 7.70. The Labute approximate surface area is 172 Å². The molecule has 158 valence electrons. The first-order chi connectivity index (χ1) is 14.2. The Morgan fingerprint density at radius 1 is 1.03 bits per heavy atom. The van der Waals surface area contributed by atoms with Crippen molar-refractivity contribution in [2.75, 3.05) is 18.1 Å². The molecule has 0 aliphatic rings. The van der Waals surface area contributed by atoms with Crippen molar-refractivity contribution in [3.05, 3.63) is 65.2 Å². The molecular weight excluding hydrogens is 416 g/mol. The van der Waals surface area contributed by atoms with Crippen LogP contribution in [0.5, 0.6) is 11.6 Å². The van der Waals surface area contributed by atoms with Gasteiger partial charge >= 0.3 is 0 Å². The zero-order valence-corrected chi connectivity index (χ0v) is 17.3. The van der Waals surface area contributed by atoms with Gasteiger partial charge in [0.1, 0.15) is 29.7 Å². The fourth-order valence-electron chi connectivity index (χ4n) is 2.69. The van der Waals surface area contributed by atoms with Gasteiger partial charge in [-0.25, -0.2) is 17.2 Å². The predicted molar refractivity (Wildman–Crippen MR) is 108 cm³/mol. The van der Waals surface area contributed by atoms with E-state index in [1.807, 2.05) is 0 Å². The van der Waals surface area contributed by atoms with Crippen LogP contribution in [0.3, 0.4) is 0 Å². The van der Waals surface area contributed by atoms with Gasteiger partial charge in [0.15, 0.2) is 0 Å². The number of aryl methyl sites for hydroxylation is 1. The molecule has 0 aliphatic carbocycles. The van der Waals surface area contributed by atoms with E-state index in [-0.39, 0.29) is 35.2 Å². The van der Waals surface area contributed by atoms with Gasteiger partial charge in [-0.1, -0.05) is 6.07 Å². The number of rotatable bonds is 7. The molecule has 1 aromatic heterocycles. The maximum atomic E-state index is 14.4. The summed E-state index contributed by atoms with van der Waals surface area (Å²) in [6.45, 7) is 1.81. The smallest absolute Gasteiger partial charge is 0.257 e. The number of methoxy groups -OCH3 is 1. The first kappa shape index (κ1) is 21.4. The van der Waals surface area contributed by atoms with Gasteiger partial charge in [-0.15, -0.1) is 10.2 Å². The molecule has 0 atom stereocenters. The quantitative estimate of drug-likeness (QED) is 0.609. The summed E-state index contributed by atoms with van der Waals surface area (Å²) in [4.78, 5) is 0. The summed E-state index contributed by atoms with van der Waals surface area (Å²) in [7, 11) is -2.31. The van der Waals surface area contributed by atoms with E-state index >= 15 is 0 Å². The molecule has 3 rings (SSSR count). The normalized spacial score (nSPS) is 11.2. The molecule has 1 N–H and O–H groups in total. The number of aromatic nitrogens is 2. The molecule has 7 nitrogen and oxygen atoms in total. The summed E-state index contributed by atoms with van der Waals surface area (Å²) in [5.74, 6) is -0.601. The third-order valence-electron chi connectivity index (χ3n) is 4.09. The number of nitrogens with zero attached hydrogens (tertiary/aromatic N) is 2. The molecule has 0 spiro atoms. The summed E-state index contributed by atoms with van der Waals surface area (Å²) < 4.78 is 63.9. The van der Waals surface area contributed by atoms with Crippen molar-refractivity contribution in [2.24, 2.45) is 0 Å². The van der Waals surface area contributed by atoms with Crippen LogP contribution in [0.4, 0.5) is 14.5 Å². The van der Waals surface area contributed by atoms with Crippen LogP contribution in [0.2, 0.25) is 0 Å². The van der Waals surface area contributed by atoms with E-state index < -0.39 is 15.8 Å². The topological polar surface area (TPSA) is 90.4 Å². The lowest BCUT2D eigenvalue weighted by Gasteiger charge is -2.12. The van der Waals surface area contributed by atoms with Crippen molar-refractivity contribution in [1.82, 2.24) is 10.2 Å². The van der Waals surface area contributed by atoms with Crippen molar-refractivity contribution >= 4 is 15.7 Å². The molecular formula is C20H19F2N3O4S. The number of halogens is 2. The summed E-state index contributed by atoms with van der Waals surface area (Å²) in [5.41, 5.74) is 1.42. The lowest BCUT2D eigenvalue weighted by molar-refractivity contribution is 0.305. The second kappa shape index (κ2) is 8.62. The average Bonchev–Trinajstić information content (AvgIpc) is 2.68. The largest absolute Gasteiger partial charge is 0.489 e. The first-order valence-electron chi connectivity index (χ1n) is 8.73. The maximum Gasteiger partial charge on any atom is 0.257 e. The molecule has 2 aromatic carbocycles. The van der Waals surface area contributed by atoms with Gasteiger partial charge in [-0.2, -0.15) is 0 Å². The van der Waals surface area contributed by atoms with Crippen molar-refractivity contribution in [3.8, 4) is 22.9 Å². The molecule has 0 saturated heterocycles. The Hall–Kier alpha value is -3.27. The van der Waals surface area contributed by atoms with Crippen LogP contribution in [0.15, 0.2) is 42.5 Å². The maximum absolute atomic E-state index is 14.4. The van der Waals surface area contributed by atoms with E-state index in [0.29, 0.717) is 11.3 Å². The summed E-state index contributed by atoms with van der Waals surface area (Å²) in [6, 6.07) is 10.0. The third kappa shape index (κ3) is 5.20. The molecule has 10 heteroatoms. The highest BCUT2D eigenvalue weighted by Gasteiger charge is 2.16. The Morgan fingerprint density at radius 3 is 2.43 bits per heavy atom. The number of anilines is 1. The predicted octanol–water partition coefficient (Wildman–Crippen LogP) is 3.69. The van der Waals surface area contributed by atoms with Crippen molar-refractivity contribution < 1.29 is 26.7 Å². The lowest BCUT2D eigenvalue weighted by Crippen LogP contribution is -2.12. The number of benzene rings is 2. The number of hydrogen-bond donors (Lipinski definition) is 1. The molecule has 0 aliphatic heterocycles.